The highest BCUT2D eigenvalue weighted by atomic mass is 35.5. The molecule has 90 valence electrons. The van der Waals surface area contributed by atoms with Crippen molar-refractivity contribution in [1.82, 2.24) is 10.2 Å². The van der Waals surface area contributed by atoms with E-state index in [0.717, 1.165) is 18.4 Å². The van der Waals surface area contributed by atoms with Crippen molar-refractivity contribution in [3.63, 3.8) is 0 Å². The summed E-state index contributed by atoms with van der Waals surface area (Å²) in [6.07, 6.45) is 1.67. The summed E-state index contributed by atoms with van der Waals surface area (Å²) in [7, 11) is 0. The number of anilines is 1. The molecule has 0 aliphatic heterocycles. The third-order valence-electron chi connectivity index (χ3n) is 2.62. The molecule has 0 unspecified atom stereocenters. The molecule has 1 aromatic heterocycles. The Labute approximate surface area is 104 Å². The molecule has 0 saturated carbocycles. The van der Waals surface area contributed by atoms with Crippen LogP contribution in [0.2, 0.25) is 5.02 Å². The van der Waals surface area contributed by atoms with Crippen molar-refractivity contribution in [2.45, 2.75) is 19.8 Å². The maximum atomic E-state index is 13.9. The highest BCUT2D eigenvalue weighted by Gasteiger charge is 2.16. The van der Waals surface area contributed by atoms with Crippen molar-refractivity contribution >= 4 is 17.4 Å². The molecule has 2 aromatic rings. The standard InChI is InChI=1S/C12H13ClFN3/c1-2-4-8-11(16-17-12(8)15)7-5-3-6-9(13)10(7)14/h3,5-6H,2,4H2,1H3,(H3,15,16,17). The highest BCUT2D eigenvalue weighted by Crippen LogP contribution is 2.31. The number of rotatable bonds is 3. The minimum atomic E-state index is -0.449. The van der Waals surface area contributed by atoms with Gasteiger partial charge < -0.3 is 5.73 Å². The van der Waals surface area contributed by atoms with Crippen LogP contribution >= 0.6 is 11.6 Å². The minimum Gasteiger partial charge on any atom is -0.382 e. The van der Waals surface area contributed by atoms with Crippen LogP contribution in [-0.2, 0) is 6.42 Å². The summed E-state index contributed by atoms with van der Waals surface area (Å²) in [5, 5.41) is 6.79. The third-order valence-corrected chi connectivity index (χ3v) is 2.91. The lowest BCUT2D eigenvalue weighted by Gasteiger charge is -2.05. The summed E-state index contributed by atoms with van der Waals surface area (Å²) in [6.45, 7) is 2.03. The summed E-state index contributed by atoms with van der Waals surface area (Å²) in [4.78, 5) is 0. The van der Waals surface area contributed by atoms with Crippen LogP contribution in [0.4, 0.5) is 10.2 Å². The maximum Gasteiger partial charge on any atom is 0.151 e. The monoisotopic (exact) mass is 253 g/mol. The largest absolute Gasteiger partial charge is 0.382 e. The van der Waals surface area contributed by atoms with E-state index in [0.29, 0.717) is 17.1 Å². The molecule has 0 fully saturated rings. The number of hydrogen-bond donors (Lipinski definition) is 2. The molecule has 5 heteroatoms. The highest BCUT2D eigenvalue weighted by molar-refractivity contribution is 6.31. The third kappa shape index (κ3) is 2.13. The molecule has 0 atom stereocenters. The van der Waals surface area contributed by atoms with E-state index in [2.05, 4.69) is 10.2 Å². The van der Waals surface area contributed by atoms with Gasteiger partial charge in [-0.1, -0.05) is 31.0 Å². The quantitative estimate of drug-likeness (QED) is 0.881. The molecule has 0 saturated heterocycles. The van der Waals surface area contributed by atoms with E-state index in [1.807, 2.05) is 6.92 Å². The first-order chi connectivity index (χ1) is 8.15. The van der Waals surface area contributed by atoms with Crippen molar-refractivity contribution < 1.29 is 4.39 Å². The molecular formula is C12H13ClFN3. The molecule has 1 aromatic carbocycles. The van der Waals surface area contributed by atoms with Crippen LogP contribution in [0.3, 0.4) is 0 Å². The first-order valence-corrected chi connectivity index (χ1v) is 5.80. The van der Waals surface area contributed by atoms with Gasteiger partial charge in [0.15, 0.2) is 5.82 Å². The van der Waals surface area contributed by atoms with E-state index >= 15 is 0 Å². The van der Waals surface area contributed by atoms with Crippen molar-refractivity contribution in [1.29, 1.82) is 0 Å². The van der Waals surface area contributed by atoms with Crippen molar-refractivity contribution in [3.05, 3.63) is 34.6 Å². The maximum absolute atomic E-state index is 13.9. The second-order valence-electron chi connectivity index (χ2n) is 3.81. The van der Waals surface area contributed by atoms with Gasteiger partial charge in [-0.3, -0.25) is 5.10 Å². The smallest absolute Gasteiger partial charge is 0.151 e. The molecule has 1 heterocycles. The summed E-state index contributed by atoms with van der Waals surface area (Å²) in [5.41, 5.74) is 7.62. The fourth-order valence-corrected chi connectivity index (χ4v) is 1.98. The van der Waals surface area contributed by atoms with E-state index in [4.69, 9.17) is 17.3 Å². The number of halogens is 2. The minimum absolute atomic E-state index is 0.0955. The Morgan fingerprint density at radius 2 is 2.24 bits per heavy atom. The zero-order valence-corrected chi connectivity index (χ0v) is 10.2. The number of nitrogens with one attached hydrogen (secondary N) is 1. The number of benzene rings is 1. The van der Waals surface area contributed by atoms with Crippen LogP contribution in [0.5, 0.6) is 0 Å². The second-order valence-corrected chi connectivity index (χ2v) is 4.22. The Balaban J connectivity index is 2.56. The molecule has 3 nitrogen and oxygen atoms in total. The van der Waals surface area contributed by atoms with E-state index in [1.54, 1.807) is 12.1 Å². The van der Waals surface area contributed by atoms with Gasteiger partial charge in [0.05, 0.1) is 10.7 Å². The Morgan fingerprint density at radius 3 is 2.94 bits per heavy atom. The molecule has 0 bridgehead atoms. The molecule has 0 amide bonds. The number of aromatic nitrogens is 2. The second kappa shape index (κ2) is 4.75. The average molecular weight is 254 g/mol. The molecular weight excluding hydrogens is 241 g/mol. The van der Waals surface area contributed by atoms with Gasteiger partial charge in [-0.25, -0.2) is 4.39 Å². The number of nitrogens with two attached hydrogens (primary N) is 1. The van der Waals surface area contributed by atoms with Gasteiger partial charge in [-0.2, -0.15) is 5.10 Å². The van der Waals surface area contributed by atoms with Gasteiger partial charge in [-0.15, -0.1) is 0 Å². The molecule has 0 spiro atoms. The number of H-pyrrole nitrogens is 1. The summed E-state index contributed by atoms with van der Waals surface area (Å²) >= 11 is 5.76. The topological polar surface area (TPSA) is 54.7 Å². The normalized spacial score (nSPS) is 10.8. The van der Waals surface area contributed by atoms with Crippen molar-refractivity contribution in [2.24, 2.45) is 0 Å². The van der Waals surface area contributed by atoms with Gasteiger partial charge in [0.1, 0.15) is 5.82 Å². The van der Waals surface area contributed by atoms with Crippen LogP contribution in [0.25, 0.3) is 11.3 Å². The summed E-state index contributed by atoms with van der Waals surface area (Å²) in [5.74, 6) is -0.0311. The van der Waals surface area contributed by atoms with Crippen molar-refractivity contribution in [2.75, 3.05) is 5.73 Å². The van der Waals surface area contributed by atoms with Crippen LogP contribution in [-0.4, -0.2) is 10.2 Å². The molecule has 17 heavy (non-hydrogen) atoms. The van der Waals surface area contributed by atoms with Gasteiger partial charge in [0.25, 0.3) is 0 Å². The fourth-order valence-electron chi connectivity index (χ4n) is 1.80. The van der Waals surface area contributed by atoms with Gasteiger partial charge in [0, 0.05) is 11.1 Å². The lowest BCUT2D eigenvalue weighted by atomic mass is 10.0. The summed E-state index contributed by atoms with van der Waals surface area (Å²) < 4.78 is 13.9. The zero-order valence-electron chi connectivity index (χ0n) is 9.43. The van der Waals surface area contributed by atoms with Crippen LogP contribution < -0.4 is 5.73 Å². The van der Waals surface area contributed by atoms with Crippen molar-refractivity contribution in [3.8, 4) is 11.3 Å². The Morgan fingerprint density at radius 1 is 1.47 bits per heavy atom. The predicted molar refractivity (Wildman–Crippen MR) is 67.4 cm³/mol. The predicted octanol–water partition coefficient (Wildman–Crippen LogP) is 3.40. The Bertz CT molecular complexity index is 537. The molecule has 0 aliphatic rings. The molecule has 0 radical (unpaired) electrons. The lowest BCUT2D eigenvalue weighted by molar-refractivity contribution is 0.631. The fraction of sp³-hybridized carbons (Fsp3) is 0.250. The van der Waals surface area contributed by atoms with Crippen LogP contribution in [0.1, 0.15) is 18.9 Å². The molecule has 0 aliphatic carbocycles. The SMILES string of the molecule is CCCc1c(N)n[nH]c1-c1cccc(Cl)c1F. The number of nitrogen functional groups attached to an aromatic ring is 1. The van der Waals surface area contributed by atoms with E-state index < -0.39 is 5.82 Å². The lowest BCUT2D eigenvalue weighted by Crippen LogP contribution is -1.94. The first kappa shape index (κ1) is 11.9. The molecule has 2 rings (SSSR count). The Kier molecular flexibility index (Phi) is 3.33. The van der Waals surface area contributed by atoms with Crippen LogP contribution in [0, 0.1) is 5.82 Å². The van der Waals surface area contributed by atoms with Gasteiger partial charge in [-0.05, 0) is 18.6 Å². The Hall–Kier alpha value is -1.55. The van der Waals surface area contributed by atoms with Crippen LogP contribution in [0.15, 0.2) is 18.2 Å². The van der Waals surface area contributed by atoms with E-state index in [9.17, 15) is 4.39 Å². The molecule has 3 N–H and O–H groups in total. The first-order valence-electron chi connectivity index (χ1n) is 5.42. The van der Waals surface area contributed by atoms with E-state index in [-0.39, 0.29) is 5.02 Å². The van der Waals surface area contributed by atoms with Gasteiger partial charge >= 0.3 is 0 Å². The van der Waals surface area contributed by atoms with Gasteiger partial charge in [0.2, 0.25) is 0 Å². The van der Waals surface area contributed by atoms with E-state index in [1.165, 1.54) is 6.07 Å². The summed E-state index contributed by atoms with van der Waals surface area (Å²) in [6, 6.07) is 4.88. The number of aromatic amines is 1. The zero-order chi connectivity index (χ0) is 12.4. The number of nitrogens with zero attached hydrogens (tertiary/aromatic N) is 1. The number of hydrogen-bond acceptors (Lipinski definition) is 2. The average Bonchev–Trinajstić information content (AvgIpc) is 2.66.